The van der Waals surface area contributed by atoms with Gasteiger partial charge in [-0.1, -0.05) is 12.1 Å². The number of imidazole rings is 1. The number of carbonyl (C=O) groups excluding carboxylic acids is 1. The van der Waals surface area contributed by atoms with Gasteiger partial charge in [0, 0.05) is 37.9 Å². The molecule has 2 aliphatic heterocycles. The quantitative estimate of drug-likeness (QED) is 0.573. The number of piperidine rings is 1. The Morgan fingerprint density at radius 3 is 2.44 bits per heavy atom. The molecular formula is C23H27N5O5S. The zero-order valence-electron chi connectivity index (χ0n) is 18.6. The minimum absolute atomic E-state index is 0.0258. The number of morpholine rings is 1. The Morgan fingerprint density at radius 2 is 1.74 bits per heavy atom. The largest absolute Gasteiger partial charge is 0.378 e. The molecule has 3 N–H and O–H groups in total. The van der Waals surface area contributed by atoms with E-state index < -0.39 is 10.0 Å². The predicted molar refractivity (Wildman–Crippen MR) is 128 cm³/mol. The fourth-order valence-electron chi connectivity index (χ4n) is 4.88. The molecule has 0 bridgehead atoms. The third-order valence-electron chi connectivity index (χ3n) is 6.62. The highest BCUT2D eigenvalue weighted by Gasteiger charge is 2.29. The number of nitrogens with two attached hydrogens (primary N) is 1. The summed E-state index contributed by atoms with van der Waals surface area (Å²) in [5.74, 6) is -0.239. The highest BCUT2D eigenvalue weighted by molar-refractivity contribution is 7.89. The number of aromatic amines is 1. The summed E-state index contributed by atoms with van der Waals surface area (Å²) in [5.41, 5.74) is 2.49. The van der Waals surface area contributed by atoms with E-state index >= 15 is 0 Å². The van der Waals surface area contributed by atoms with Crippen molar-refractivity contribution in [2.45, 2.75) is 23.8 Å². The number of aromatic nitrogens is 2. The molecule has 3 heterocycles. The number of likely N-dealkylation sites (tertiary alicyclic amines) is 1. The zero-order chi connectivity index (χ0) is 23.9. The summed E-state index contributed by atoms with van der Waals surface area (Å²) < 4.78 is 31.1. The lowest BCUT2D eigenvalue weighted by atomic mass is 10.0. The molecule has 2 saturated heterocycles. The molecule has 5 rings (SSSR count). The van der Waals surface area contributed by atoms with Gasteiger partial charge in [-0.15, -0.1) is 0 Å². The molecule has 10 nitrogen and oxygen atoms in total. The van der Waals surface area contributed by atoms with Crippen molar-refractivity contribution in [3.8, 4) is 0 Å². The molecule has 2 fully saturated rings. The van der Waals surface area contributed by atoms with Crippen LogP contribution in [0.4, 0.5) is 5.69 Å². The first-order valence-electron chi connectivity index (χ1n) is 11.3. The number of ether oxygens (including phenoxy) is 1. The van der Waals surface area contributed by atoms with Gasteiger partial charge in [0.15, 0.2) is 0 Å². The van der Waals surface area contributed by atoms with Crippen molar-refractivity contribution in [1.82, 2.24) is 14.5 Å². The Morgan fingerprint density at radius 1 is 1.03 bits per heavy atom. The van der Waals surface area contributed by atoms with Gasteiger partial charge in [0.05, 0.1) is 34.7 Å². The number of primary sulfonamides is 1. The number of hydrogen-bond donors (Lipinski definition) is 2. The summed E-state index contributed by atoms with van der Waals surface area (Å²) in [5, 5.41) is 5.34. The van der Waals surface area contributed by atoms with Crippen LogP contribution in [0.2, 0.25) is 0 Å². The van der Waals surface area contributed by atoms with Crippen LogP contribution in [0, 0.1) is 0 Å². The molecule has 3 aromatic rings. The number of sulfonamides is 1. The van der Waals surface area contributed by atoms with Crippen molar-refractivity contribution in [2.75, 3.05) is 44.3 Å². The molecule has 11 heteroatoms. The number of anilines is 1. The Kier molecular flexibility index (Phi) is 5.92. The van der Waals surface area contributed by atoms with E-state index in [9.17, 15) is 18.0 Å². The van der Waals surface area contributed by atoms with Crippen LogP contribution in [0.25, 0.3) is 11.0 Å². The Labute approximate surface area is 197 Å². The van der Waals surface area contributed by atoms with Crippen molar-refractivity contribution in [1.29, 1.82) is 0 Å². The average molecular weight is 486 g/mol. The first-order chi connectivity index (χ1) is 16.3. The number of carbonyl (C=O) groups is 1. The lowest BCUT2D eigenvalue weighted by Crippen LogP contribution is -2.42. The summed E-state index contributed by atoms with van der Waals surface area (Å²) in [4.78, 5) is 32.7. The second-order valence-electron chi connectivity index (χ2n) is 8.66. The van der Waals surface area contributed by atoms with Gasteiger partial charge in [-0.25, -0.2) is 18.4 Å². The maximum Gasteiger partial charge on any atom is 0.326 e. The van der Waals surface area contributed by atoms with E-state index in [0.717, 1.165) is 11.0 Å². The molecule has 0 saturated carbocycles. The van der Waals surface area contributed by atoms with Crippen molar-refractivity contribution < 1.29 is 17.9 Å². The molecular weight excluding hydrogens is 458 g/mol. The highest BCUT2D eigenvalue weighted by atomic mass is 32.2. The first kappa shape index (κ1) is 22.6. The number of hydrogen-bond acceptors (Lipinski definition) is 6. The van der Waals surface area contributed by atoms with Crippen molar-refractivity contribution in [2.24, 2.45) is 5.14 Å². The van der Waals surface area contributed by atoms with Crippen LogP contribution in [-0.2, 0) is 14.8 Å². The van der Waals surface area contributed by atoms with Gasteiger partial charge in [0.25, 0.3) is 5.91 Å². The fraction of sp³-hybridized carbons (Fsp3) is 0.391. The molecule has 0 aliphatic carbocycles. The number of rotatable bonds is 4. The number of benzene rings is 2. The highest BCUT2D eigenvalue weighted by Crippen LogP contribution is 2.30. The summed E-state index contributed by atoms with van der Waals surface area (Å²) in [6.07, 6.45) is 1.24. The molecule has 0 spiro atoms. The number of amides is 1. The summed E-state index contributed by atoms with van der Waals surface area (Å²) in [7, 11) is -3.96. The normalized spacial score (nSPS) is 17.9. The number of H-pyrrole nitrogens is 1. The van der Waals surface area contributed by atoms with Crippen molar-refractivity contribution in [3.63, 3.8) is 0 Å². The second-order valence-corrected chi connectivity index (χ2v) is 10.2. The molecule has 0 unspecified atom stereocenters. The standard InChI is InChI=1S/C23H27N5O5S/c24-34(31,32)17-5-6-20(26-11-13-33-14-12-26)18(15-17)22(29)27-9-7-16(8-10-27)28-21-4-2-1-3-19(21)25-23(28)30/h1-6,15-16H,7-14H2,(H,25,30)(H2,24,31,32). The van der Waals surface area contributed by atoms with Gasteiger partial charge in [0.1, 0.15) is 0 Å². The van der Waals surface area contributed by atoms with E-state index in [1.165, 1.54) is 12.1 Å². The smallest absolute Gasteiger partial charge is 0.326 e. The van der Waals surface area contributed by atoms with Crippen LogP contribution in [0.5, 0.6) is 0 Å². The predicted octanol–water partition coefficient (Wildman–Crippen LogP) is 1.29. The number of nitrogens with one attached hydrogen (secondary N) is 1. The van der Waals surface area contributed by atoms with Crippen LogP contribution >= 0.6 is 0 Å². The molecule has 0 radical (unpaired) electrons. The Balaban J connectivity index is 1.40. The maximum absolute atomic E-state index is 13.6. The minimum Gasteiger partial charge on any atom is -0.378 e. The van der Waals surface area contributed by atoms with Crippen LogP contribution in [0.15, 0.2) is 52.2 Å². The Hall–Kier alpha value is -3.15. The van der Waals surface area contributed by atoms with Gasteiger partial charge in [-0.3, -0.25) is 9.36 Å². The summed E-state index contributed by atoms with van der Waals surface area (Å²) in [6.45, 7) is 3.21. The van der Waals surface area contributed by atoms with Crippen LogP contribution < -0.4 is 15.7 Å². The van der Waals surface area contributed by atoms with Crippen LogP contribution in [-0.4, -0.2) is 68.2 Å². The fourth-order valence-corrected chi connectivity index (χ4v) is 5.42. The van der Waals surface area contributed by atoms with Crippen molar-refractivity contribution in [3.05, 3.63) is 58.5 Å². The molecule has 180 valence electrons. The maximum atomic E-state index is 13.6. The molecule has 34 heavy (non-hydrogen) atoms. The van der Waals surface area contributed by atoms with Gasteiger partial charge < -0.3 is 19.5 Å². The monoisotopic (exact) mass is 485 g/mol. The van der Waals surface area contributed by atoms with Crippen LogP contribution in [0.1, 0.15) is 29.2 Å². The molecule has 0 atom stereocenters. The van der Waals surface area contributed by atoms with Crippen molar-refractivity contribution >= 4 is 32.7 Å². The van der Waals surface area contributed by atoms with E-state index in [2.05, 4.69) is 4.98 Å². The third kappa shape index (κ3) is 4.22. The van der Waals surface area contributed by atoms with Gasteiger partial charge >= 0.3 is 5.69 Å². The molecule has 1 aromatic heterocycles. The number of para-hydroxylation sites is 2. The number of nitrogens with zero attached hydrogens (tertiary/aromatic N) is 3. The summed E-state index contributed by atoms with van der Waals surface area (Å²) >= 11 is 0. The molecule has 1 amide bonds. The average Bonchev–Trinajstić information content (AvgIpc) is 3.19. The molecule has 2 aliphatic rings. The van der Waals surface area contributed by atoms with Gasteiger partial charge in [0.2, 0.25) is 10.0 Å². The lowest BCUT2D eigenvalue weighted by Gasteiger charge is -2.35. The van der Waals surface area contributed by atoms with E-state index in [-0.39, 0.29) is 22.5 Å². The summed E-state index contributed by atoms with van der Waals surface area (Å²) in [6, 6.07) is 12.0. The van der Waals surface area contributed by atoms with E-state index in [1.54, 1.807) is 15.5 Å². The van der Waals surface area contributed by atoms with Crippen LogP contribution in [0.3, 0.4) is 0 Å². The second kappa shape index (κ2) is 8.90. The number of fused-ring (bicyclic) bond motifs is 1. The van der Waals surface area contributed by atoms with Gasteiger partial charge in [-0.05, 0) is 43.2 Å². The lowest BCUT2D eigenvalue weighted by molar-refractivity contribution is 0.0694. The minimum atomic E-state index is -3.96. The first-order valence-corrected chi connectivity index (χ1v) is 12.9. The zero-order valence-corrected chi connectivity index (χ0v) is 19.5. The topological polar surface area (TPSA) is 131 Å². The Bertz CT molecular complexity index is 1380. The molecule has 2 aromatic carbocycles. The van der Waals surface area contributed by atoms with E-state index in [1.807, 2.05) is 29.2 Å². The van der Waals surface area contributed by atoms with Gasteiger partial charge in [-0.2, -0.15) is 0 Å². The SMILES string of the molecule is NS(=O)(=O)c1ccc(N2CCOCC2)c(C(=O)N2CCC(n3c(=O)[nH]c4ccccc43)CC2)c1. The van der Waals surface area contributed by atoms with E-state index in [0.29, 0.717) is 63.5 Å². The van der Waals surface area contributed by atoms with E-state index in [4.69, 9.17) is 9.88 Å². The third-order valence-corrected chi connectivity index (χ3v) is 7.53.